The van der Waals surface area contributed by atoms with E-state index in [1.165, 1.54) is 6.92 Å². The van der Waals surface area contributed by atoms with Crippen LogP contribution in [-0.2, 0) is 11.2 Å². The highest BCUT2D eigenvalue weighted by atomic mass is 16.2. The minimum absolute atomic E-state index is 0.0692. The molecule has 1 heterocycles. The number of carbonyl (C=O) groups is 3. The van der Waals surface area contributed by atoms with Gasteiger partial charge in [0.2, 0.25) is 5.91 Å². The lowest BCUT2D eigenvalue weighted by Gasteiger charge is -2.23. The van der Waals surface area contributed by atoms with Crippen molar-refractivity contribution in [3.8, 4) is 0 Å². The van der Waals surface area contributed by atoms with Crippen LogP contribution in [0, 0.1) is 13.8 Å². The first-order chi connectivity index (χ1) is 13.2. The van der Waals surface area contributed by atoms with Gasteiger partial charge in [0, 0.05) is 16.9 Å². The number of amides is 1. The van der Waals surface area contributed by atoms with E-state index in [1.54, 1.807) is 32.7 Å². The average Bonchev–Trinajstić information content (AvgIpc) is 2.95. The Labute approximate surface area is 166 Å². The number of carbonyl (C=O) groups excluding carboxylic acids is 3. The van der Waals surface area contributed by atoms with Crippen LogP contribution in [0.25, 0.3) is 0 Å². The summed E-state index contributed by atoms with van der Waals surface area (Å²) in [6, 6.07) is 7.17. The minimum Gasteiger partial charge on any atom is -0.355 e. The van der Waals surface area contributed by atoms with Crippen molar-refractivity contribution in [2.75, 3.05) is 18.9 Å². The standard InChI is InChI=1S/C22H29N3O3/c1-7-17-10-8-9-11-18(17)24-19(27)12-25(6)15(4)22(28)21-13(2)20(16(5)26)14(3)23-21/h8-11,15,23H,7,12H2,1-6H3,(H,24,27)/t15-/m1/s1. The molecule has 0 fully saturated rings. The van der Waals surface area contributed by atoms with Crippen molar-refractivity contribution in [3.05, 3.63) is 52.3 Å². The van der Waals surface area contributed by atoms with Crippen LogP contribution in [0.5, 0.6) is 0 Å². The van der Waals surface area contributed by atoms with E-state index in [-0.39, 0.29) is 24.0 Å². The Hall–Kier alpha value is -2.73. The van der Waals surface area contributed by atoms with Crippen molar-refractivity contribution in [3.63, 3.8) is 0 Å². The largest absolute Gasteiger partial charge is 0.355 e. The Morgan fingerprint density at radius 3 is 2.39 bits per heavy atom. The second-order valence-corrected chi connectivity index (χ2v) is 7.20. The second kappa shape index (κ2) is 8.97. The molecule has 150 valence electrons. The molecule has 0 aliphatic rings. The normalized spacial score (nSPS) is 12.1. The smallest absolute Gasteiger partial charge is 0.238 e. The van der Waals surface area contributed by atoms with E-state index in [0.717, 1.165) is 17.7 Å². The van der Waals surface area contributed by atoms with Crippen LogP contribution >= 0.6 is 0 Å². The van der Waals surface area contributed by atoms with Crippen molar-refractivity contribution in [2.45, 2.75) is 47.1 Å². The summed E-state index contributed by atoms with van der Waals surface area (Å²) in [7, 11) is 1.74. The summed E-state index contributed by atoms with van der Waals surface area (Å²) in [6.07, 6.45) is 0.825. The summed E-state index contributed by atoms with van der Waals surface area (Å²) in [6.45, 7) is 8.93. The third-order valence-electron chi connectivity index (χ3n) is 5.14. The predicted octanol–water partition coefficient (Wildman–Crippen LogP) is 3.54. The molecule has 6 heteroatoms. The molecule has 6 nitrogen and oxygen atoms in total. The lowest BCUT2D eigenvalue weighted by molar-refractivity contribution is -0.117. The van der Waals surface area contributed by atoms with E-state index in [9.17, 15) is 14.4 Å². The number of benzene rings is 1. The molecular formula is C22H29N3O3. The van der Waals surface area contributed by atoms with E-state index in [0.29, 0.717) is 22.5 Å². The Bertz CT molecular complexity index is 898. The van der Waals surface area contributed by atoms with Crippen molar-refractivity contribution < 1.29 is 14.4 Å². The zero-order chi connectivity index (χ0) is 21.0. The van der Waals surface area contributed by atoms with Gasteiger partial charge in [-0.3, -0.25) is 19.3 Å². The van der Waals surface area contributed by atoms with Crippen molar-refractivity contribution in [2.24, 2.45) is 0 Å². The van der Waals surface area contributed by atoms with Gasteiger partial charge in [-0.2, -0.15) is 0 Å². The second-order valence-electron chi connectivity index (χ2n) is 7.20. The number of hydrogen-bond donors (Lipinski definition) is 2. The minimum atomic E-state index is -0.510. The fourth-order valence-electron chi connectivity index (χ4n) is 3.44. The van der Waals surface area contributed by atoms with Crippen LogP contribution in [0.15, 0.2) is 24.3 Å². The number of para-hydroxylation sites is 1. The maximum atomic E-state index is 12.9. The van der Waals surface area contributed by atoms with Gasteiger partial charge in [0.1, 0.15) is 0 Å². The van der Waals surface area contributed by atoms with Gasteiger partial charge in [0.15, 0.2) is 11.6 Å². The number of H-pyrrole nitrogens is 1. The maximum absolute atomic E-state index is 12.9. The van der Waals surface area contributed by atoms with Crippen LogP contribution in [0.3, 0.4) is 0 Å². The molecule has 2 rings (SSSR count). The Morgan fingerprint density at radius 1 is 1.18 bits per heavy atom. The van der Waals surface area contributed by atoms with Gasteiger partial charge in [0.25, 0.3) is 0 Å². The maximum Gasteiger partial charge on any atom is 0.238 e. The molecule has 0 saturated carbocycles. The predicted molar refractivity (Wildman–Crippen MR) is 111 cm³/mol. The molecule has 0 spiro atoms. The molecule has 1 aromatic carbocycles. The number of anilines is 1. The molecule has 2 N–H and O–H groups in total. The molecule has 0 bridgehead atoms. The van der Waals surface area contributed by atoms with Crippen LogP contribution in [0.2, 0.25) is 0 Å². The number of aromatic amines is 1. The lowest BCUT2D eigenvalue weighted by atomic mass is 10.0. The van der Waals surface area contributed by atoms with E-state index < -0.39 is 6.04 Å². The molecule has 1 amide bonds. The highest BCUT2D eigenvalue weighted by Crippen LogP contribution is 2.21. The van der Waals surface area contributed by atoms with Gasteiger partial charge >= 0.3 is 0 Å². The first kappa shape index (κ1) is 21.6. The Kier molecular flexibility index (Phi) is 6.91. The number of likely N-dealkylation sites (N-methyl/N-ethyl adjacent to an activating group) is 1. The van der Waals surface area contributed by atoms with Gasteiger partial charge in [-0.1, -0.05) is 25.1 Å². The van der Waals surface area contributed by atoms with Gasteiger partial charge in [0.05, 0.1) is 18.3 Å². The highest BCUT2D eigenvalue weighted by Gasteiger charge is 2.26. The molecule has 0 aliphatic heterocycles. The highest BCUT2D eigenvalue weighted by molar-refractivity contribution is 6.05. The van der Waals surface area contributed by atoms with E-state index in [1.807, 2.05) is 31.2 Å². The topological polar surface area (TPSA) is 82.3 Å². The van der Waals surface area contributed by atoms with Gasteiger partial charge in [-0.15, -0.1) is 0 Å². The number of nitrogens with one attached hydrogen (secondary N) is 2. The number of Topliss-reactive ketones (excluding diaryl/α,β-unsaturated/α-hetero) is 2. The first-order valence-electron chi connectivity index (χ1n) is 9.49. The van der Waals surface area contributed by atoms with Crippen molar-refractivity contribution >= 4 is 23.2 Å². The fraction of sp³-hybridized carbons (Fsp3) is 0.409. The van der Waals surface area contributed by atoms with Crippen LogP contribution in [-0.4, -0.2) is 47.0 Å². The fourth-order valence-corrected chi connectivity index (χ4v) is 3.44. The quantitative estimate of drug-likeness (QED) is 0.683. The number of aryl methyl sites for hydroxylation is 2. The summed E-state index contributed by atoms with van der Waals surface area (Å²) in [5, 5.41) is 2.92. The van der Waals surface area contributed by atoms with E-state index in [4.69, 9.17) is 0 Å². The average molecular weight is 383 g/mol. The number of aromatic nitrogens is 1. The Morgan fingerprint density at radius 2 is 1.82 bits per heavy atom. The molecule has 0 saturated heterocycles. The number of ketones is 2. The molecule has 28 heavy (non-hydrogen) atoms. The van der Waals surface area contributed by atoms with Gasteiger partial charge < -0.3 is 10.3 Å². The molecule has 0 radical (unpaired) electrons. The van der Waals surface area contributed by atoms with E-state index >= 15 is 0 Å². The summed E-state index contributed by atoms with van der Waals surface area (Å²) in [5.41, 5.74) is 4.21. The summed E-state index contributed by atoms with van der Waals surface area (Å²) in [5.74, 6) is -0.385. The summed E-state index contributed by atoms with van der Waals surface area (Å²) >= 11 is 0. The molecule has 0 unspecified atom stereocenters. The lowest BCUT2D eigenvalue weighted by Crippen LogP contribution is -2.41. The molecule has 1 aromatic heterocycles. The summed E-state index contributed by atoms with van der Waals surface area (Å²) in [4.78, 5) is 41.9. The molecule has 0 aliphatic carbocycles. The Balaban J connectivity index is 2.09. The zero-order valence-corrected chi connectivity index (χ0v) is 17.5. The van der Waals surface area contributed by atoms with Crippen molar-refractivity contribution in [1.82, 2.24) is 9.88 Å². The zero-order valence-electron chi connectivity index (χ0n) is 17.5. The monoisotopic (exact) mass is 383 g/mol. The molecule has 2 aromatic rings. The SMILES string of the molecule is CCc1ccccc1NC(=O)CN(C)[C@H](C)C(=O)c1[nH]c(C)c(C(C)=O)c1C. The number of hydrogen-bond acceptors (Lipinski definition) is 4. The number of rotatable bonds is 8. The van der Waals surface area contributed by atoms with Gasteiger partial charge in [-0.25, -0.2) is 0 Å². The van der Waals surface area contributed by atoms with Crippen LogP contribution in [0.4, 0.5) is 5.69 Å². The van der Waals surface area contributed by atoms with E-state index in [2.05, 4.69) is 10.3 Å². The van der Waals surface area contributed by atoms with Crippen LogP contribution in [0.1, 0.15) is 58.4 Å². The van der Waals surface area contributed by atoms with Gasteiger partial charge in [-0.05, 0) is 58.4 Å². The molecular weight excluding hydrogens is 354 g/mol. The number of nitrogens with zero attached hydrogens (tertiary/aromatic N) is 1. The van der Waals surface area contributed by atoms with Crippen molar-refractivity contribution in [1.29, 1.82) is 0 Å². The van der Waals surface area contributed by atoms with Crippen LogP contribution < -0.4 is 5.32 Å². The third kappa shape index (κ3) is 4.57. The summed E-state index contributed by atoms with van der Waals surface area (Å²) < 4.78 is 0. The first-order valence-corrected chi connectivity index (χ1v) is 9.49. The molecule has 1 atom stereocenters. The third-order valence-corrected chi connectivity index (χ3v) is 5.14.